The van der Waals surface area contributed by atoms with E-state index < -0.39 is 21.9 Å². The molecule has 0 aromatic heterocycles. The van der Waals surface area contributed by atoms with Gasteiger partial charge in [-0.15, -0.1) is 0 Å². The number of benzene rings is 1. The minimum atomic E-state index is -3.93. The smallest absolute Gasteiger partial charge is 0.243 e. The first-order valence-electron chi connectivity index (χ1n) is 6.01. The van der Waals surface area contributed by atoms with Gasteiger partial charge < -0.3 is 4.90 Å². The maximum Gasteiger partial charge on any atom is 0.243 e. The van der Waals surface area contributed by atoms with Crippen LogP contribution in [0.15, 0.2) is 27.6 Å². The predicted octanol–water partition coefficient (Wildman–Crippen LogP) is 1.49. The lowest BCUT2D eigenvalue weighted by Gasteiger charge is -2.29. The van der Waals surface area contributed by atoms with Crippen molar-refractivity contribution in [2.45, 2.75) is 23.8 Å². The average Bonchev–Trinajstić information content (AvgIpc) is 2.33. The minimum Gasteiger partial charge on any atom is -0.344 e. The van der Waals surface area contributed by atoms with E-state index in [0.717, 1.165) is 6.07 Å². The summed E-state index contributed by atoms with van der Waals surface area (Å²) in [6, 6.07) is 3.38. The van der Waals surface area contributed by atoms with E-state index >= 15 is 0 Å². The Kier molecular flexibility index (Phi) is 4.46. The first-order chi connectivity index (χ1) is 9.29. The Morgan fingerprint density at radius 3 is 2.75 bits per heavy atom. The number of nitrogens with zero attached hydrogens (tertiary/aromatic N) is 1. The molecule has 1 fully saturated rings. The van der Waals surface area contributed by atoms with Crippen LogP contribution in [-0.2, 0) is 14.8 Å². The van der Waals surface area contributed by atoms with E-state index in [0.29, 0.717) is 10.9 Å². The summed E-state index contributed by atoms with van der Waals surface area (Å²) >= 11 is 3.08. The summed E-state index contributed by atoms with van der Waals surface area (Å²) in [6.07, 6.45) is 0.701. The van der Waals surface area contributed by atoms with Gasteiger partial charge in [0, 0.05) is 30.5 Å². The normalized spacial score (nSPS) is 20.2. The number of sulfonamides is 1. The number of hydrogen-bond donors (Lipinski definition) is 1. The number of likely N-dealkylation sites (tertiary alicyclic amines) is 1. The maximum atomic E-state index is 13.7. The lowest BCUT2D eigenvalue weighted by Crippen LogP contribution is -2.48. The quantitative estimate of drug-likeness (QED) is 0.883. The molecule has 1 aliphatic rings. The summed E-state index contributed by atoms with van der Waals surface area (Å²) in [5, 5.41) is 0. The Balaban J connectivity index is 2.17. The van der Waals surface area contributed by atoms with E-state index in [2.05, 4.69) is 20.7 Å². The van der Waals surface area contributed by atoms with E-state index in [9.17, 15) is 17.6 Å². The van der Waals surface area contributed by atoms with E-state index in [1.54, 1.807) is 7.05 Å². The van der Waals surface area contributed by atoms with Gasteiger partial charge >= 0.3 is 0 Å². The highest BCUT2D eigenvalue weighted by Gasteiger charge is 2.28. The number of piperidine rings is 1. The van der Waals surface area contributed by atoms with Gasteiger partial charge in [-0.3, -0.25) is 4.79 Å². The maximum absolute atomic E-state index is 13.7. The summed E-state index contributed by atoms with van der Waals surface area (Å²) in [4.78, 5) is 12.4. The zero-order valence-corrected chi connectivity index (χ0v) is 13.2. The summed E-state index contributed by atoms with van der Waals surface area (Å²) in [5.74, 6) is -0.831. The van der Waals surface area contributed by atoms with Gasteiger partial charge in [-0.05, 0) is 24.6 Å². The van der Waals surface area contributed by atoms with Gasteiger partial charge in [0.2, 0.25) is 15.9 Å². The van der Waals surface area contributed by atoms with Gasteiger partial charge in [0.25, 0.3) is 0 Å². The lowest BCUT2D eigenvalue weighted by molar-refractivity contribution is -0.132. The van der Waals surface area contributed by atoms with Gasteiger partial charge in [-0.2, -0.15) is 0 Å². The van der Waals surface area contributed by atoms with Gasteiger partial charge in [0.05, 0.1) is 0 Å². The summed E-state index contributed by atoms with van der Waals surface area (Å²) in [5.41, 5.74) is 0. The zero-order chi connectivity index (χ0) is 14.9. The standard InChI is InChI=1S/C12H14BrFN2O3S/c1-16-7-9(3-5-12(16)17)15-20(18,19)11-4-2-8(13)6-10(11)14/h2,4,6,9,15H,3,5,7H2,1H3. The molecule has 0 saturated carbocycles. The second kappa shape index (κ2) is 5.79. The predicted molar refractivity (Wildman–Crippen MR) is 75.1 cm³/mol. The van der Waals surface area contributed by atoms with E-state index in [-0.39, 0.29) is 23.8 Å². The monoisotopic (exact) mass is 364 g/mol. The lowest BCUT2D eigenvalue weighted by atomic mass is 10.1. The van der Waals surface area contributed by atoms with Gasteiger partial charge in [0.15, 0.2) is 0 Å². The number of carbonyl (C=O) groups excluding carboxylic acids is 1. The number of rotatable bonds is 3. The average molecular weight is 365 g/mol. The van der Waals surface area contributed by atoms with Gasteiger partial charge in [-0.1, -0.05) is 15.9 Å². The summed E-state index contributed by atoms with van der Waals surface area (Å²) in [6.45, 7) is 0.288. The van der Waals surface area contributed by atoms with Crippen LogP contribution in [-0.4, -0.2) is 38.9 Å². The van der Waals surface area contributed by atoms with Crippen LogP contribution < -0.4 is 4.72 Å². The van der Waals surface area contributed by atoms with Gasteiger partial charge in [0.1, 0.15) is 10.7 Å². The number of nitrogens with one attached hydrogen (secondary N) is 1. The van der Waals surface area contributed by atoms with E-state index in [1.807, 2.05) is 0 Å². The molecule has 2 rings (SSSR count). The summed E-state index contributed by atoms with van der Waals surface area (Å²) in [7, 11) is -2.32. The Morgan fingerprint density at radius 1 is 1.45 bits per heavy atom. The number of carbonyl (C=O) groups is 1. The third kappa shape index (κ3) is 3.36. The molecule has 1 atom stereocenters. The van der Waals surface area contributed by atoms with Crippen molar-refractivity contribution in [1.82, 2.24) is 9.62 Å². The number of hydrogen-bond acceptors (Lipinski definition) is 3. The fourth-order valence-corrected chi connectivity index (χ4v) is 3.74. The first-order valence-corrected chi connectivity index (χ1v) is 8.28. The van der Waals surface area contributed by atoms with Crippen LogP contribution in [0, 0.1) is 5.82 Å². The van der Waals surface area contributed by atoms with Gasteiger partial charge in [-0.25, -0.2) is 17.5 Å². The molecule has 110 valence electrons. The molecule has 1 unspecified atom stereocenters. The molecule has 1 aliphatic heterocycles. The number of likely N-dealkylation sites (N-methyl/N-ethyl adjacent to an activating group) is 1. The Morgan fingerprint density at radius 2 is 2.15 bits per heavy atom. The molecule has 1 aromatic rings. The van der Waals surface area contributed by atoms with E-state index in [1.165, 1.54) is 17.0 Å². The van der Waals surface area contributed by atoms with Crippen molar-refractivity contribution >= 4 is 31.9 Å². The molecule has 20 heavy (non-hydrogen) atoms. The van der Waals surface area contributed by atoms with Crippen molar-refractivity contribution < 1.29 is 17.6 Å². The second-order valence-electron chi connectivity index (χ2n) is 4.71. The molecular weight excluding hydrogens is 351 g/mol. The van der Waals surface area contributed by atoms with Crippen LogP contribution in [0.5, 0.6) is 0 Å². The minimum absolute atomic E-state index is 0.0183. The van der Waals surface area contributed by atoms with Crippen LogP contribution in [0.1, 0.15) is 12.8 Å². The molecule has 0 radical (unpaired) electrons. The molecular formula is C12H14BrFN2O3S. The number of halogens is 2. The van der Waals surface area contributed by atoms with Crippen molar-refractivity contribution in [3.63, 3.8) is 0 Å². The van der Waals surface area contributed by atoms with Crippen molar-refractivity contribution in [2.75, 3.05) is 13.6 Å². The third-order valence-electron chi connectivity index (χ3n) is 3.13. The number of amides is 1. The highest BCUT2D eigenvalue weighted by molar-refractivity contribution is 9.10. The molecule has 0 spiro atoms. The molecule has 1 amide bonds. The highest BCUT2D eigenvalue weighted by atomic mass is 79.9. The molecule has 1 N–H and O–H groups in total. The molecule has 8 heteroatoms. The molecule has 0 bridgehead atoms. The molecule has 1 aromatic carbocycles. The third-order valence-corrected chi connectivity index (χ3v) is 5.18. The zero-order valence-electron chi connectivity index (χ0n) is 10.8. The molecule has 5 nitrogen and oxygen atoms in total. The van der Waals surface area contributed by atoms with Crippen molar-refractivity contribution in [3.05, 3.63) is 28.5 Å². The largest absolute Gasteiger partial charge is 0.344 e. The van der Waals surface area contributed by atoms with E-state index in [4.69, 9.17) is 0 Å². The van der Waals surface area contributed by atoms with Crippen LogP contribution in [0.3, 0.4) is 0 Å². The Hall–Kier alpha value is -0.990. The second-order valence-corrected chi connectivity index (χ2v) is 7.30. The molecule has 1 heterocycles. The Bertz CT molecular complexity index is 636. The fraction of sp³-hybridized carbons (Fsp3) is 0.417. The van der Waals surface area contributed by atoms with Crippen LogP contribution >= 0.6 is 15.9 Å². The topological polar surface area (TPSA) is 66.5 Å². The van der Waals surface area contributed by atoms with Crippen LogP contribution in [0.4, 0.5) is 4.39 Å². The fourth-order valence-electron chi connectivity index (χ4n) is 2.08. The van der Waals surface area contributed by atoms with Crippen molar-refractivity contribution in [3.8, 4) is 0 Å². The highest BCUT2D eigenvalue weighted by Crippen LogP contribution is 2.20. The van der Waals surface area contributed by atoms with Crippen molar-refractivity contribution in [1.29, 1.82) is 0 Å². The molecule has 1 saturated heterocycles. The summed E-state index contributed by atoms with van der Waals surface area (Å²) < 4.78 is 40.9. The van der Waals surface area contributed by atoms with Crippen molar-refractivity contribution in [2.24, 2.45) is 0 Å². The Labute approximate surface area is 125 Å². The SMILES string of the molecule is CN1CC(NS(=O)(=O)c2ccc(Br)cc2F)CCC1=O. The van der Waals surface area contributed by atoms with Crippen LogP contribution in [0.25, 0.3) is 0 Å². The first kappa shape index (κ1) is 15.4. The molecule has 0 aliphatic carbocycles. The van der Waals surface area contributed by atoms with Crippen LogP contribution in [0.2, 0.25) is 0 Å².